The van der Waals surface area contributed by atoms with Gasteiger partial charge in [0.2, 0.25) is 0 Å². The Balaban J connectivity index is 2.89. The second-order valence-electron chi connectivity index (χ2n) is 4.81. The molecule has 0 spiro atoms. The summed E-state index contributed by atoms with van der Waals surface area (Å²) in [6, 6.07) is 6.67. The van der Waals surface area contributed by atoms with Gasteiger partial charge in [-0.1, -0.05) is 32.0 Å². The van der Waals surface area contributed by atoms with E-state index in [1.807, 2.05) is 0 Å². The van der Waals surface area contributed by atoms with Gasteiger partial charge in [0, 0.05) is 18.6 Å². The summed E-state index contributed by atoms with van der Waals surface area (Å²) in [6.07, 6.45) is 0. The topological polar surface area (TPSA) is 38.0 Å². The fourth-order valence-corrected chi connectivity index (χ4v) is 1.65. The van der Waals surface area contributed by atoms with Gasteiger partial charge >= 0.3 is 0 Å². The number of nitrogens with one attached hydrogen (secondary N) is 1. The smallest absolute Gasteiger partial charge is 0.0429 e. The Bertz CT molecular complexity index is 329. The second-order valence-corrected chi connectivity index (χ2v) is 4.81. The van der Waals surface area contributed by atoms with Crippen molar-refractivity contribution in [2.24, 2.45) is 5.73 Å². The molecule has 0 saturated carbocycles. The third kappa shape index (κ3) is 3.05. The van der Waals surface area contributed by atoms with Crippen LogP contribution in [0, 0.1) is 13.8 Å². The van der Waals surface area contributed by atoms with Crippen molar-refractivity contribution >= 4 is 0 Å². The highest BCUT2D eigenvalue weighted by atomic mass is 15.0. The summed E-state index contributed by atoms with van der Waals surface area (Å²) in [4.78, 5) is 0. The van der Waals surface area contributed by atoms with Crippen LogP contribution in [0.1, 0.15) is 30.5 Å². The maximum absolute atomic E-state index is 5.46. The number of benzene rings is 1. The summed E-state index contributed by atoms with van der Waals surface area (Å²) in [5.74, 6) is 0. The maximum Gasteiger partial charge on any atom is 0.0429 e. The van der Waals surface area contributed by atoms with Crippen molar-refractivity contribution in [3.63, 3.8) is 0 Å². The molecule has 0 fully saturated rings. The molecule has 0 unspecified atom stereocenters. The minimum atomic E-state index is 0.137. The zero-order valence-corrected chi connectivity index (χ0v) is 10.2. The van der Waals surface area contributed by atoms with Crippen LogP contribution in [0.3, 0.4) is 0 Å². The van der Waals surface area contributed by atoms with Gasteiger partial charge in [-0.2, -0.15) is 0 Å². The van der Waals surface area contributed by atoms with E-state index in [-0.39, 0.29) is 5.41 Å². The Morgan fingerprint density at radius 3 is 2.40 bits per heavy atom. The van der Waals surface area contributed by atoms with Crippen LogP contribution >= 0.6 is 0 Å². The van der Waals surface area contributed by atoms with E-state index in [4.69, 9.17) is 5.73 Å². The van der Waals surface area contributed by atoms with Crippen molar-refractivity contribution < 1.29 is 0 Å². The van der Waals surface area contributed by atoms with Crippen molar-refractivity contribution in [3.05, 3.63) is 34.9 Å². The lowest BCUT2D eigenvalue weighted by molar-refractivity contribution is 0.474. The molecule has 0 saturated heterocycles. The Kier molecular flexibility index (Phi) is 3.89. The molecular formula is C13H22N2. The molecule has 0 aliphatic heterocycles. The van der Waals surface area contributed by atoms with Gasteiger partial charge in [0.25, 0.3) is 0 Å². The average molecular weight is 206 g/mol. The van der Waals surface area contributed by atoms with E-state index in [0.29, 0.717) is 6.67 Å². The molecule has 0 bridgehead atoms. The van der Waals surface area contributed by atoms with Crippen LogP contribution in [0.5, 0.6) is 0 Å². The molecule has 84 valence electrons. The van der Waals surface area contributed by atoms with Crippen molar-refractivity contribution in [3.8, 4) is 0 Å². The summed E-state index contributed by atoms with van der Waals surface area (Å²) >= 11 is 0. The van der Waals surface area contributed by atoms with Gasteiger partial charge < -0.3 is 11.1 Å². The van der Waals surface area contributed by atoms with Gasteiger partial charge in [0.05, 0.1) is 0 Å². The quantitative estimate of drug-likeness (QED) is 0.740. The highest BCUT2D eigenvalue weighted by molar-refractivity contribution is 5.34. The third-order valence-electron chi connectivity index (χ3n) is 3.00. The predicted molar refractivity (Wildman–Crippen MR) is 66.0 cm³/mol. The van der Waals surface area contributed by atoms with Gasteiger partial charge in [-0.25, -0.2) is 0 Å². The largest absolute Gasteiger partial charge is 0.318 e. The number of nitrogens with two attached hydrogens (primary N) is 1. The molecule has 0 radical (unpaired) electrons. The molecule has 1 aromatic carbocycles. The summed E-state index contributed by atoms with van der Waals surface area (Å²) in [5.41, 5.74) is 9.66. The van der Waals surface area contributed by atoms with Gasteiger partial charge in [-0.3, -0.25) is 0 Å². The predicted octanol–water partition coefficient (Wildman–Crippen LogP) is 2.09. The normalized spacial score (nSPS) is 11.8. The first-order chi connectivity index (χ1) is 6.97. The first-order valence-electron chi connectivity index (χ1n) is 5.46. The highest BCUT2D eigenvalue weighted by Gasteiger charge is 2.19. The van der Waals surface area contributed by atoms with Crippen LogP contribution in [-0.2, 0) is 5.41 Å². The molecule has 2 nitrogen and oxygen atoms in total. The van der Waals surface area contributed by atoms with Crippen LogP contribution < -0.4 is 11.1 Å². The molecule has 1 aromatic rings. The minimum Gasteiger partial charge on any atom is -0.318 e. The highest BCUT2D eigenvalue weighted by Crippen LogP contribution is 2.24. The van der Waals surface area contributed by atoms with Crippen molar-refractivity contribution in [1.82, 2.24) is 5.32 Å². The maximum atomic E-state index is 5.46. The molecule has 0 aliphatic carbocycles. The summed E-state index contributed by atoms with van der Waals surface area (Å²) in [6.45, 7) is 10.2. The summed E-state index contributed by atoms with van der Waals surface area (Å²) in [7, 11) is 0. The lowest BCUT2D eigenvalue weighted by Crippen LogP contribution is -2.36. The Hall–Kier alpha value is -0.860. The van der Waals surface area contributed by atoms with Gasteiger partial charge in [0.15, 0.2) is 0 Å². The minimum absolute atomic E-state index is 0.137. The molecule has 3 N–H and O–H groups in total. The second kappa shape index (κ2) is 4.77. The molecule has 15 heavy (non-hydrogen) atoms. The van der Waals surface area contributed by atoms with E-state index in [9.17, 15) is 0 Å². The molecule has 1 rings (SSSR count). The van der Waals surface area contributed by atoms with E-state index in [2.05, 4.69) is 51.2 Å². The standard InChI is InChI=1S/C13H22N2/c1-10-5-6-12(7-11(10)2)13(3,4)8-15-9-14/h5-7,15H,8-9,14H2,1-4H3. The zero-order valence-electron chi connectivity index (χ0n) is 10.2. The first-order valence-corrected chi connectivity index (χ1v) is 5.46. The molecule has 2 heteroatoms. The monoisotopic (exact) mass is 206 g/mol. The van der Waals surface area contributed by atoms with E-state index in [1.54, 1.807) is 0 Å². The molecule has 0 aromatic heterocycles. The summed E-state index contributed by atoms with van der Waals surface area (Å²) in [5, 5.41) is 3.20. The number of aryl methyl sites for hydroxylation is 2. The Labute approximate surface area is 92.9 Å². The van der Waals surface area contributed by atoms with E-state index < -0.39 is 0 Å². The lowest BCUT2D eigenvalue weighted by Gasteiger charge is -2.26. The van der Waals surface area contributed by atoms with Crippen LogP contribution in [0.25, 0.3) is 0 Å². The fraction of sp³-hybridized carbons (Fsp3) is 0.538. The van der Waals surface area contributed by atoms with Crippen molar-refractivity contribution in [1.29, 1.82) is 0 Å². The zero-order chi connectivity index (χ0) is 11.5. The van der Waals surface area contributed by atoms with Gasteiger partial charge in [-0.05, 0) is 30.5 Å². The van der Waals surface area contributed by atoms with E-state index >= 15 is 0 Å². The van der Waals surface area contributed by atoms with Crippen molar-refractivity contribution in [2.75, 3.05) is 13.2 Å². The van der Waals surface area contributed by atoms with Gasteiger partial charge in [0.1, 0.15) is 0 Å². The van der Waals surface area contributed by atoms with E-state index in [1.165, 1.54) is 16.7 Å². The summed E-state index contributed by atoms with van der Waals surface area (Å²) < 4.78 is 0. The van der Waals surface area contributed by atoms with Crippen LogP contribution in [0.2, 0.25) is 0 Å². The molecule has 0 heterocycles. The first kappa shape index (κ1) is 12.2. The average Bonchev–Trinajstić information content (AvgIpc) is 2.19. The molecule has 0 amide bonds. The number of hydrogen-bond acceptors (Lipinski definition) is 2. The van der Waals surface area contributed by atoms with Crippen molar-refractivity contribution in [2.45, 2.75) is 33.1 Å². The van der Waals surface area contributed by atoms with Crippen LogP contribution in [-0.4, -0.2) is 13.2 Å². The third-order valence-corrected chi connectivity index (χ3v) is 3.00. The number of hydrogen-bond donors (Lipinski definition) is 2. The Morgan fingerprint density at radius 1 is 1.20 bits per heavy atom. The molecule has 0 atom stereocenters. The lowest BCUT2D eigenvalue weighted by atomic mass is 9.83. The van der Waals surface area contributed by atoms with Crippen LogP contribution in [0.4, 0.5) is 0 Å². The van der Waals surface area contributed by atoms with Gasteiger partial charge in [-0.15, -0.1) is 0 Å². The number of rotatable bonds is 4. The fourth-order valence-electron chi connectivity index (χ4n) is 1.65. The Morgan fingerprint density at radius 2 is 1.87 bits per heavy atom. The van der Waals surface area contributed by atoms with E-state index in [0.717, 1.165) is 6.54 Å². The van der Waals surface area contributed by atoms with Crippen LogP contribution in [0.15, 0.2) is 18.2 Å². The molecular weight excluding hydrogens is 184 g/mol. The SMILES string of the molecule is Cc1ccc(C(C)(C)CNCN)cc1C. The molecule has 0 aliphatic rings.